The summed E-state index contributed by atoms with van der Waals surface area (Å²) in [5.41, 5.74) is 0. The average molecular weight is 156 g/mol. The van der Waals surface area contributed by atoms with E-state index in [1.54, 1.807) is 0 Å². The van der Waals surface area contributed by atoms with E-state index in [1.807, 2.05) is 13.8 Å². The van der Waals surface area contributed by atoms with Gasteiger partial charge in [0.1, 0.15) is 6.61 Å². The molecule has 1 aliphatic carbocycles. The highest BCUT2D eigenvalue weighted by Crippen LogP contribution is 2.36. The van der Waals surface area contributed by atoms with Crippen LogP contribution in [0.1, 0.15) is 26.7 Å². The Hall–Kier alpha value is -0.370. The van der Waals surface area contributed by atoms with E-state index in [1.165, 1.54) is 12.8 Å². The van der Waals surface area contributed by atoms with Gasteiger partial charge in [-0.05, 0) is 25.7 Å². The first-order valence-corrected chi connectivity index (χ1v) is 4.36. The van der Waals surface area contributed by atoms with E-state index in [9.17, 15) is 4.79 Å². The Labute approximate surface area is 67.9 Å². The molecule has 2 nitrogen and oxygen atoms in total. The lowest BCUT2D eigenvalue weighted by Crippen LogP contribution is -2.18. The fourth-order valence-corrected chi connectivity index (χ4v) is 1.19. The van der Waals surface area contributed by atoms with Crippen molar-refractivity contribution in [1.82, 2.24) is 0 Å². The Morgan fingerprint density at radius 3 is 2.73 bits per heavy atom. The molecular weight excluding hydrogens is 140 g/mol. The summed E-state index contributed by atoms with van der Waals surface area (Å²) in [5, 5.41) is 0. The molecule has 0 aromatic heterocycles. The highest BCUT2D eigenvalue weighted by molar-refractivity contribution is 5.82. The van der Waals surface area contributed by atoms with Crippen LogP contribution < -0.4 is 0 Å². The number of ketones is 1. The summed E-state index contributed by atoms with van der Waals surface area (Å²) in [7, 11) is 0. The van der Waals surface area contributed by atoms with Gasteiger partial charge in [0, 0.05) is 12.5 Å². The zero-order valence-electron chi connectivity index (χ0n) is 7.30. The molecule has 0 saturated heterocycles. The molecule has 1 fully saturated rings. The van der Waals surface area contributed by atoms with E-state index in [2.05, 4.69) is 0 Å². The zero-order chi connectivity index (χ0) is 8.27. The molecule has 0 aromatic rings. The van der Waals surface area contributed by atoms with E-state index < -0.39 is 0 Å². The zero-order valence-corrected chi connectivity index (χ0v) is 7.30. The second-order valence-electron chi connectivity index (χ2n) is 3.23. The molecule has 0 aromatic carbocycles. The van der Waals surface area contributed by atoms with Crippen molar-refractivity contribution >= 4 is 5.78 Å². The lowest BCUT2D eigenvalue weighted by Gasteiger charge is -2.07. The second kappa shape index (κ2) is 3.86. The molecule has 0 amide bonds. The SMILES string of the molecule is CCOCC(=O)C(C)C1CC1. The predicted octanol–water partition coefficient (Wildman–Crippen LogP) is 1.64. The van der Waals surface area contributed by atoms with Crippen LogP contribution in [0.25, 0.3) is 0 Å². The summed E-state index contributed by atoms with van der Waals surface area (Å²) < 4.78 is 5.04. The molecule has 0 radical (unpaired) electrons. The van der Waals surface area contributed by atoms with E-state index in [0.717, 1.165) is 0 Å². The third-order valence-corrected chi connectivity index (χ3v) is 2.29. The van der Waals surface area contributed by atoms with Crippen LogP contribution in [0.5, 0.6) is 0 Å². The normalized spacial score (nSPS) is 19.8. The Bertz CT molecular complexity index is 138. The fraction of sp³-hybridized carbons (Fsp3) is 0.889. The minimum absolute atomic E-state index is 0.238. The minimum atomic E-state index is 0.238. The van der Waals surface area contributed by atoms with Crippen LogP contribution in [0, 0.1) is 11.8 Å². The largest absolute Gasteiger partial charge is 0.374 e. The Morgan fingerprint density at radius 2 is 2.27 bits per heavy atom. The quantitative estimate of drug-likeness (QED) is 0.605. The van der Waals surface area contributed by atoms with Crippen LogP contribution in [0.4, 0.5) is 0 Å². The van der Waals surface area contributed by atoms with Gasteiger partial charge in [0.05, 0.1) is 0 Å². The second-order valence-corrected chi connectivity index (χ2v) is 3.23. The molecule has 1 saturated carbocycles. The number of Topliss-reactive ketones (excluding diaryl/α,β-unsaturated/α-hetero) is 1. The Morgan fingerprint density at radius 1 is 1.64 bits per heavy atom. The maximum Gasteiger partial charge on any atom is 0.161 e. The number of ether oxygens (including phenoxy) is 1. The van der Waals surface area contributed by atoms with E-state index >= 15 is 0 Å². The summed E-state index contributed by atoms with van der Waals surface area (Å²) >= 11 is 0. The van der Waals surface area contributed by atoms with Gasteiger partial charge in [0.15, 0.2) is 5.78 Å². The van der Waals surface area contributed by atoms with Gasteiger partial charge in [-0.15, -0.1) is 0 Å². The first-order chi connectivity index (χ1) is 5.25. The monoisotopic (exact) mass is 156 g/mol. The smallest absolute Gasteiger partial charge is 0.161 e. The van der Waals surface area contributed by atoms with Gasteiger partial charge in [-0.3, -0.25) is 4.79 Å². The molecule has 1 rings (SSSR count). The third-order valence-electron chi connectivity index (χ3n) is 2.29. The Kier molecular flexibility index (Phi) is 3.06. The van der Waals surface area contributed by atoms with Crippen molar-refractivity contribution in [2.24, 2.45) is 11.8 Å². The maximum absolute atomic E-state index is 11.3. The topological polar surface area (TPSA) is 26.3 Å². The predicted molar refractivity (Wildman–Crippen MR) is 43.4 cm³/mol. The van der Waals surface area contributed by atoms with Crippen molar-refractivity contribution in [3.8, 4) is 0 Å². The molecule has 2 heteroatoms. The van der Waals surface area contributed by atoms with E-state index in [-0.39, 0.29) is 11.7 Å². The molecule has 0 heterocycles. The molecule has 11 heavy (non-hydrogen) atoms. The van der Waals surface area contributed by atoms with Gasteiger partial charge in [-0.2, -0.15) is 0 Å². The van der Waals surface area contributed by atoms with Gasteiger partial charge >= 0.3 is 0 Å². The van der Waals surface area contributed by atoms with Crippen LogP contribution in [0.3, 0.4) is 0 Å². The van der Waals surface area contributed by atoms with E-state index in [4.69, 9.17) is 4.74 Å². The van der Waals surface area contributed by atoms with Gasteiger partial charge in [0.25, 0.3) is 0 Å². The molecule has 0 N–H and O–H groups in total. The number of hydrogen-bond acceptors (Lipinski definition) is 2. The molecule has 0 aliphatic heterocycles. The van der Waals surface area contributed by atoms with Crippen LogP contribution >= 0.6 is 0 Å². The number of rotatable bonds is 5. The standard InChI is InChI=1S/C9H16O2/c1-3-11-6-9(10)7(2)8-4-5-8/h7-8H,3-6H2,1-2H3. The van der Waals surface area contributed by atoms with Crippen molar-refractivity contribution in [2.75, 3.05) is 13.2 Å². The van der Waals surface area contributed by atoms with Crippen LogP contribution in [0.2, 0.25) is 0 Å². The highest BCUT2D eigenvalue weighted by Gasteiger charge is 2.32. The van der Waals surface area contributed by atoms with Crippen molar-refractivity contribution in [3.05, 3.63) is 0 Å². The molecule has 1 atom stereocenters. The third kappa shape index (κ3) is 2.62. The van der Waals surface area contributed by atoms with Crippen LogP contribution in [0.15, 0.2) is 0 Å². The number of hydrogen-bond donors (Lipinski definition) is 0. The lowest BCUT2D eigenvalue weighted by molar-refractivity contribution is -0.127. The summed E-state index contributed by atoms with van der Waals surface area (Å²) in [6.07, 6.45) is 2.47. The summed E-state index contributed by atoms with van der Waals surface area (Å²) in [6.45, 7) is 4.88. The van der Waals surface area contributed by atoms with Gasteiger partial charge in [-0.25, -0.2) is 0 Å². The molecule has 64 valence electrons. The van der Waals surface area contributed by atoms with Gasteiger partial charge in [0.2, 0.25) is 0 Å². The first kappa shape index (κ1) is 8.72. The number of carbonyl (C=O) groups excluding carboxylic acids is 1. The minimum Gasteiger partial charge on any atom is -0.374 e. The molecular formula is C9H16O2. The summed E-state index contributed by atoms with van der Waals surface area (Å²) in [6, 6.07) is 0. The molecule has 0 spiro atoms. The van der Waals surface area contributed by atoms with Gasteiger partial charge in [-0.1, -0.05) is 6.92 Å². The highest BCUT2D eigenvalue weighted by atomic mass is 16.5. The maximum atomic E-state index is 11.3. The van der Waals surface area contributed by atoms with E-state index in [0.29, 0.717) is 19.1 Å². The van der Waals surface area contributed by atoms with Crippen LogP contribution in [-0.4, -0.2) is 19.0 Å². The first-order valence-electron chi connectivity index (χ1n) is 4.36. The average Bonchev–Trinajstić information content (AvgIpc) is 2.81. The fourth-order valence-electron chi connectivity index (χ4n) is 1.19. The summed E-state index contributed by atoms with van der Waals surface area (Å²) in [4.78, 5) is 11.3. The number of carbonyl (C=O) groups is 1. The van der Waals surface area contributed by atoms with Crippen molar-refractivity contribution < 1.29 is 9.53 Å². The van der Waals surface area contributed by atoms with Gasteiger partial charge < -0.3 is 4.74 Å². The lowest BCUT2D eigenvalue weighted by atomic mass is 10.0. The Balaban J connectivity index is 2.16. The summed E-state index contributed by atoms with van der Waals surface area (Å²) in [5.74, 6) is 1.18. The van der Waals surface area contributed by atoms with Crippen molar-refractivity contribution in [1.29, 1.82) is 0 Å². The molecule has 0 bridgehead atoms. The molecule has 1 aliphatic rings. The van der Waals surface area contributed by atoms with Crippen molar-refractivity contribution in [2.45, 2.75) is 26.7 Å². The van der Waals surface area contributed by atoms with Crippen LogP contribution in [-0.2, 0) is 9.53 Å². The van der Waals surface area contributed by atoms with Crippen molar-refractivity contribution in [3.63, 3.8) is 0 Å². The molecule has 1 unspecified atom stereocenters.